The fourth-order valence-corrected chi connectivity index (χ4v) is 9.05. The molecule has 8 aromatic carbocycles. The molecule has 0 fully saturated rings. The van der Waals surface area contributed by atoms with E-state index in [-0.39, 0.29) is 12.3 Å². The zero-order valence-corrected chi connectivity index (χ0v) is 28.8. The lowest BCUT2D eigenvalue weighted by Crippen LogP contribution is -2.45. The molecule has 1 aliphatic rings. The lowest BCUT2D eigenvalue weighted by atomic mass is 9.94. The van der Waals surface area contributed by atoms with E-state index < -0.39 is 0 Å². The van der Waals surface area contributed by atoms with E-state index in [0.717, 1.165) is 61.0 Å². The van der Waals surface area contributed by atoms with Crippen molar-refractivity contribution in [1.82, 2.24) is 10.6 Å². The van der Waals surface area contributed by atoms with E-state index in [9.17, 15) is 0 Å². The lowest BCUT2D eigenvalue weighted by molar-refractivity contribution is 0.411. The van der Waals surface area contributed by atoms with Crippen molar-refractivity contribution in [2.24, 2.45) is 4.99 Å². The van der Waals surface area contributed by atoms with Crippen molar-refractivity contribution in [3.05, 3.63) is 180 Å². The van der Waals surface area contributed by atoms with Gasteiger partial charge in [0.25, 0.3) is 0 Å². The normalized spacial score (nSPS) is 16.3. The average Bonchev–Trinajstić information content (AvgIpc) is 3.77. The predicted octanol–water partition coefficient (Wildman–Crippen LogP) is 12.3. The second-order valence-corrected chi connectivity index (χ2v) is 14.7. The summed E-state index contributed by atoms with van der Waals surface area (Å²) >= 11 is 1.84. The summed E-state index contributed by atoms with van der Waals surface area (Å²) in [7, 11) is 0. The van der Waals surface area contributed by atoms with Gasteiger partial charge in [-0.2, -0.15) is 0 Å². The fourth-order valence-electron chi connectivity index (χ4n) is 7.96. The van der Waals surface area contributed by atoms with Crippen LogP contribution in [0.25, 0.3) is 74.8 Å². The molecule has 0 radical (unpaired) electrons. The van der Waals surface area contributed by atoms with Crippen LogP contribution in [-0.2, 0) is 0 Å². The molecule has 0 aliphatic carbocycles. The predicted molar refractivity (Wildman–Crippen MR) is 218 cm³/mol. The Kier molecular flexibility index (Phi) is 6.59. The van der Waals surface area contributed by atoms with Crippen LogP contribution in [-0.4, -0.2) is 5.84 Å². The topological polar surface area (TPSA) is 49.6 Å². The van der Waals surface area contributed by atoms with Gasteiger partial charge in [-0.25, -0.2) is 4.99 Å². The van der Waals surface area contributed by atoms with Crippen LogP contribution in [0, 0.1) is 0 Å². The van der Waals surface area contributed by atoms with Crippen molar-refractivity contribution >= 4 is 80.8 Å². The number of fused-ring (bicyclic) bond motifs is 8. The first kappa shape index (κ1) is 29.5. The number of amidine groups is 1. The van der Waals surface area contributed by atoms with Crippen LogP contribution < -0.4 is 10.6 Å². The molecule has 0 bridgehead atoms. The van der Waals surface area contributed by atoms with Crippen LogP contribution in [0.2, 0.25) is 0 Å². The molecule has 2 atom stereocenters. The van der Waals surface area contributed by atoms with E-state index >= 15 is 0 Å². The van der Waals surface area contributed by atoms with Gasteiger partial charge in [-0.05, 0) is 69.1 Å². The molecule has 0 saturated heterocycles. The minimum absolute atomic E-state index is 0.256. The van der Waals surface area contributed by atoms with Crippen LogP contribution in [0.15, 0.2) is 173 Å². The second kappa shape index (κ2) is 11.6. The Labute approximate surface area is 303 Å². The van der Waals surface area contributed by atoms with Gasteiger partial charge in [0.05, 0.1) is 0 Å². The summed E-state index contributed by atoms with van der Waals surface area (Å²) in [6.45, 7) is 0. The molecule has 0 saturated carbocycles. The number of thiophene rings is 1. The number of rotatable bonds is 4. The molecule has 1 aliphatic heterocycles. The van der Waals surface area contributed by atoms with Gasteiger partial charge in [-0.15, -0.1) is 11.3 Å². The minimum atomic E-state index is -0.279. The summed E-state index contributed by atoms with van der Waals surface area (Å²) < 4.78 is 9.49. The summed E-state index contributed by atoms with van der Waals surface area (Å²) in [5.41, 5.74) is 7.25. The SMILES string of the molecule is c1ccc(C2=NC(c3ccc4sc5ccccc5c4c3)NC(c3ccc(-c4ccc5ccccc5c4)c4oc5cc6ccccc6cc5c34)N2)cc1. The number of furan rings is 1. The molecular weight excluding hydrogens is 655 g/mol. The van der Waals surface area contributed by atoms with Crippen LogP contribution in [0.5, 0.6) is 0 Å². The van der Waals surface area contributed by atoms with Crippen molar-refractivity contribution in [1.29, 1.82) is 0 Å². The van der Waals surface area contributed by atoms with Crippen LogP contribution in [0.3, 0.4) is 0 Å². The molecule has 246 valence electrons. The van der Waals surface area contributed by atoms with E-state index in [0.29, 0.717) is 0 Å². The highest BCUT2D eigenvalue weighted by Gasteiger charge is 2.29. The van der Waals surface area contributed by atoms with E-state index in [4.69, 9.17) is 9.41 Å². The van der Waals surface area contributed by atoms with Gasteiger partial charge in [-0.3, -0.25) is 5.32 Å². The third-order valence-corrected chi connectivity index (χ3v) is 11.7. The third-order valence-electron chi connectivity index (χ3n) is 10.5. The number of hydrogen-bond acceptors (Lipinski definition) is 5. The Morgan fingerprint density at radius 3 is 2.13 bits per heavy atom. The van der Waals surface area contributed by atoms with Crippen LogP contribution in [0.1, 0.15) is 29.0 Å². The molecular formula is C47H31N3OS. The van der Waals surface area contributed by atoms with Gasteiger partial charge in [0.15, 0.2) is 0 Å². The summed E-state index contributed by atoms with van der Waals surface area (Å²) in [5, 5.41) is 17.3. The van der Waals surface area contributed by atoms with Gasteiger partial charge in [0, 0.05) is 47.6 Å². The standard InChI is InChI=1S/C47H31N3OS/c1-2-11-29(12-3-1)45-48-46(34-20-23-42-38(26-34)36-16-8-9-17-41(36)52-42)50-47(49-45)37-22-21-35(33-19-18-28-10-4-5-13-30(28)24-33)44-43(37)39-25-31-14-6-7-15-32(31)27-40(39)51-44/h1-27,46-47,50H,(H,48,49). The zero-order valence-electron chi connectivity index (χ0n) is 28.0. The van der Waals surface area contributed by atoms with Crippen molar-refractivity contribution in [2.45, 2.75) is 12.3 Å². The third kappa shape index (κ3) is 4.74. The monoisotopic (exact) mass is 685 g/mol. The largest absolute Gasteiger partial charge is 0.455 e. The molecule has 2 N–H and O–H groups in total. The Morgan fingerprint density at radius 1 is 0.538 bits per heavy atom. The highest BCUT2D eigenvalue weighted by molar-refractivity contribution is 7.25. The van der Waals surface area contributed by atoms with Gasteiger partial charge >= 0.3 is 0 Å². The Hall–Kier alpha value is -6.27. The number of nitrogens with one attached hydrogen (secondary N) is 2. The maximum absolute atomic E-state index is 6.91. The smallest absolute Gasteiger partial charge is 0.143 e. The van der Waals surface area contributed by atoms with Crippen LogP contribution in [0.4, 0.5) is 0 Å². The first-order valence-electron chi connectivity index (χ1n) is 17.7. The van der Waals surface area contributed by atoms with Gasteiger partial charge < -0.3 is 9.73 Å². The van der Waals surface area contributed by atoms with Crippen molar-refractivity contribution in [3.8, 4) is 11.1 Å². The molecule has 10 aromatic rings. The minimum Gasteiger partial charge on any atom is -0.455 e. The van der Waals surface area contributed by atoms with E-state index in [1.54, 1.807) is 0 Å². The molecule has 2 unspecified atom stereocenters. The van der Waals surface area contributed by atoms with E-state index in [1.807, 2.05) is 17.4 Å². The van der Waals surface area contributed by atoms with Crippen molar-refractivity contribution in [2.75, 3.05) is 0 Å². The van der Waals surface area contributed by atoms with E-state index in [1.165, 1.54) is 36.3 Å². The molecule has 5 heteroatoms. The van der Waals surface area contributed by atoms with Gasteiger partial charge in [-0.1, -0.05) is 127 Å². The number of benzene rings is 8. The Balaban J connectivity index is 1.12. The summed E-state index contributed by atoms with van der Waals surface area (Å²) in [4.78, 5) is 5.31. The average molecular weight is 686 g/mol. The molecule has 52 heavy (non-hydrogen) atoms. The number of aliphatic imine (C=N–C) groups is 1. The Bertz CT molecular complexity index is 3050. The maximum Gasteiger partial charge on any atom is 0.143 e. The van der Waals surface area contributed by atoms with Gasteiger partial charge in [0.1, 0.15) is 29.3 Å². The van der Waals surface area contributed by atoms with Crippen molar-refractivity contribution < 1.29 is 4.42 Å². The van der Waals surface area contributed by atoms with Crippen molar-refractivity contribution in [3.63, 3.8) is 0 Å². The summed E-state index contributed by atoms with van der Waals surface area (Å²) in [6, 6.07) is 58.5. The molecule has 0 amide bonds. The number of nitrogens with zero attached hydrogens (tertiary/aromatic N) is 1. The molecule has 0 spiro atoms. The first-order chi connectivity index (χ1) is 25.7. The molecule has 3 heterocycles. The zero-order chi connectivity index (χ0) is 34.2. The molecule has 2 aromatic heterocycles. The van der Waals surface area contributed by atoms with Gasteiger partial charge in [0.2, 0.25) is 0 Å². The lowest BCUT2D eigenvalue weighted by Gasteiger charge is -2.32. The highest BCUT2D eigenvalue weighted by Crippen LogP contribution is 2.43. The van der Waals surface area contributed by atoms with E-state index in [2.05, 4.69) is 168 Å². The first-order valence-corrected chi connectivity index (χ1v) is 18.5. The fraction of sp³-hybridized carbons (Fsp3) is 0.0426. The second-order valence-electron chi connectivity index (χ2n) is 13.6. The maximum atomic E-state index is 6.91. The quantitative estimate of drug-likeness (QED) is 0.194. The summed E-state index contributed by atoms with van der Waals surface area (Å²) in [5.74, 6) is 0.856. The highest BCUT2D eigenvalue weighted by atomic mass is 32.1. The number of hydrogen-bond donors (Lipinski definition) is 2. The Morgan fingerprint density at radius 2 is 1.27 bits per heavy atom. The van der Waals surface area contributed by atoms with Crippen LogP contribution >= 0.6 is 11.3 Å². The molecule has 11 rings (SSSR count). The summed E-state index contributed by atoms with van der Waals surface area (Å²) in [6.07, 6.45) is -0.535. The molecule has 4 nitrogen and oxygen atoms in total.